The van der Waals surface area contributed by atoms with Crippen molar-refractivity contribution in [2.24, 2.45) is 17.8 Å². The van der Waals surface area contributed by atoms with Gasteiger partial charge in [0.05, 0.1) is 0 Å². The Morgan fingerprint density at radius 1 is 0.826 bits per heavy atom. The number of halogens is 2. The number of rotatable bonds is 3. The maximum absolute atomic E-state index is 13.4. The lowest BCUT2D eigenvalue weighted by molar-refractivity contribution is 0.171. The average Bonchev–Trinajstić information content (AvgIpc) is 2.59. The molecule has 2 aliphatic carbocycles. The van der Waals surface area contributed by atoms with E-state index in [1.54, 1.807) is 6.07 Å². The van der Waals surface area contributed by atoms with E-state index >= 15 is 0 Å². The van der Waals surface area contributed by atoms with Crippen molar-refractivity contribution in [2.75, 3.05) is 0 Å². The van der Waals surface area contributed by atoms with Crippen LogP contribution < -0.4 is 0 Å². The summed E-state index contributed by atoms with van der Waals surface area (Å²) in [4.78, 5) is 0. The van der Waals surface area contributed by atoms with Crippen LogP contribution in [-0.4, -0.2) is 0 Å². The van der Waals surface area contributed by atoms with Gasteiger partial charge < -0.3 is 0 Å². The topological polar surface area (TPSA) is 0 Å². The highest BCUT2D eigenvalue weighted by Gasteiger charge is 2.30. The first-order chi connectivity index (χ1) is 11.2. The summed E-state index contributed by atoms with van der Waals surface area (Å²) in [5.41, 5.74) is 0.985. The van der Waals surface area contributed by atoms with Crippen molar-refractivity contribution in [1.29, 1.82) is 0 Å². The third-order valence-electron chi connectivity index (χ3n) is 6.13. The van der Waals surface area contributed by atoms with E-state index in [4.69, 9.17) is 0 Å². The van der Waals surface area contributed by atoms with Gasteiger partial charge >= 0.3 is 0 Å². The summed E-state index contributed by atoms with van der Waals surface area (Å²) in [5.74, 6) is 1.52. The largest absolute Gasteiger partial charge is 0.204 e. The SMILES string of the molecule is C/C=C\[C@H]1CC[C@H](C2CCC(c3ccc(F)c(F)c3)CC2)CC1. The molecule has 0 amide bonds. The summed E-state index contributed by atoms with van der Waals surface area (Å²) in [5, 5.41) is 0. The van der Waals surface area contributed by atoms with E-state index in [-0.39, 0.29) is 0 Å². The number of hydrogen-bond acceptors (Lipinski definition) is 0. The summed E-state index contributed by atoms with van der Waals surface area (Å²) in [6.07, 6.45) is 14.8. The Hall–Kier alpha value is -1.18. The maximum atomic E-state index is 13.4. The third kappa shape index (κ3) is 4.02. The smallest absolute Gasteiger partial charge is 0.159 e. The lowest BCUT2D eigenvalue weighted by Crippen LogP contribution is -2.25. The van der Waals surface area contributed by atoms with Crippen molar-refractivity contribution >= 4 is 0 Å². The third-order valence-corrected chi connectivity index (χ3v) is 6.13. The van der Waals surface area contributed by atoms with Crippen molar-refractivity contribution in [2.45, 2.75) is 64.2 Å². The molecule has 0 aromatic heterocycles. The zero-order chi connectivity index (χ0) is 16.2. The standard InChI is InChI=1S/C21H28F2/c1-2-3-15-4-6-16(7-5-15)17-8-10-18(11-9-17)19-12-13-20(22)21(23)14-19/h2-3,12-18H,4-11H2,1H3/b3-2-/t15-,16-,17?,18?. The van der Waals surface area contributed by atoms with Crippen LogP contribution in [0.5, 0.6) is 0 Å². The molecule has 1 aromatic carbocycles. The summed E-state index contributed by atoms with van der Waals surface area (Å²) in [7, 11) is 0. The van der Waals surface area contributed by atoms with Gasteiger partial charge in [0, 0.05) is 0 Å². The first-order valence-corrected chi connectivity index (χ1v) is 9.25. The molecule has 2 aliphatic rings. The molecule has 0 heterocycles. The zero-order valence-corrected chi connectivity index (χ0v) is 14.1. The van der Waals surface area contributed by atoms with Crippen LogP contribution in [-0.2, 0) is 0 Å². The van der Waals surface area contributed by atoms with Crippen molar-refractivity contribution < 1.29 is 8.78 Å². The molecule has 0 saturated heterocycles. The van der Waals surface area contributed by atoms with Crippen molar-refractivity contribution in [3.8, 4) is 0 Å². The van der Waals surface area contributed by atoms with Gasteiger partial charge in [-0.25, -0.2) is 8.78 Å². The van der Waals surface area contributed by atoms with E-state index in [1.165, 1.54) is 50.7 Å². The Morgan fingerprint density at radius 3 is 2.00 bits per heavy atom. The Morgan fingerprint density at radius 2 is 1.43 bits per heavy atom. The van der Waals surface area contributed by atoms with E-state index in [2.05, 4.69) is 19.1 Å². The van der Waals surface area contributed by atoms with E-state index in [0.29, 0.717) is 5.92 Å². The second-order valence-corrected chi connectivity index (χ2v) is 7.49. The van der Waals surface area contributed by atoms with Crippen LogP contribution in [0.25, 0.3) is 0 Å². The van der Waals surface area contributed by atoms with Crippen LogP contribution in [0.1, 0.15) is 69.8 Å². The molecule has 0 bridgehead atoms. The molecule has 126 valence electrons. The fraction of sp³-hybridized carbons (Fsp3) is 0.619. The zero-order valence-electron chi connectivity index (χ0n) is 14.1. The van der Waals surface area contributed by atoms with Gasteiger partial charge in [0.15, 0.2) is 11.6 Å². The Balaban J connectivity index is 1.51. The summed E-state index contributed by atoms with van der Waals surface area (Å²) in [6.45, 7) is 2.12. The second-order valence-electron chi connectivity index (χ2n) is 7.49. The monoisotopic (exact) mass is 318 g/mol. The second kappa shape index (κ2) is 7.59. The normalized spacial score (nSPS) is 32.3. The number of benzene rings is 1. The molecule has 0 aliphatic heterocycles. The Labute approximate surface area is 139 Å². The molecule has 2 fully saturated rings. The van der Waals surface area contributed by atoms with Crippen LogP contribution in [0.3, 0.4) is 0 Å². The highest BCUT2D eigenvalue weighted by molar-refractivity contribution is 5.22. The van der Waals surface area contributed by atoms with E-state index in [9.17, 15) is 8.78 Å². The van der Waals surface area contributed by atoms with Gasteiger partial charge in [0.1, 0.15) is 0 Å². The minimum atomic E-state index is -0.736. The van der Waals surface area contributed by atoms with Gasteiger partial charge in [-0.15, -0.1) is 0 Å². The minimum Gasteiger partial charge on any atom is -0.204 e. The molecule has 0 N–H and O–H groups in total. The molecule has 0 radical (unpaired) electrons. The van der Waals surface area contributed by atoms with Crippen LogP contribution >= 0.6 is 0 Å². The molecule has 0 nitrogen and oxygen atoms in total. The highest BCUT2D eigenvalue weighted by Crippen LogP contribution is 2.44. The molecule has 3 rings (SSSR count). The molecular formula is C21H28F2. The fourth-order valence-corrected chi connectivity index (χ4v) is 4.77. The van der Waals surface area contributed by atoms with Gasteiger partial charge in [-0.3, -0.25) is 0 Å². The number of hydrogen-bond donors (Lipinski definition) is 0. The molecule has 0 atom stereocenters. The molecule has 0 unspecified atom stereocenters. The molecule has 2 saturated carbocycles. The lowest BCUT2D eigenvalue weighted by atomic mass is 9.68. The lowest BCUT2D eigenvalue weighted by Gasteiger charge is -2.37. The van der Waals surface area contributed by atoms with Gasteiger partial charge in [-0.2, -0.15) is 0 Å². The molecular weight excluding hydrogens is 290 g/mol. The van der Waals surface area contributed by atoms with Gasteiger partial charge in [0.2, 0.25) is 0 Å². The van der Waals surface area contributed by atoms with Crippen LogP contribution in [0.4, 0.5) is 8.78 Å². The van der Waals surface area contributed by atoms with Gasteiger partial charge in [-0.1, -0.05) is 18.2 Å². The van der Waals surface area contributed by atoms with Crippen LogP contribution in [0.15, 0.2) is 30.4 Å². The van der Waals surface area contributed by atoms with Gasteiger partial charge in [-0.05, 0) is 99.7 Å². The van der Waals surface area contributed by atoms with Crippen LogP contribution in [0, 0.1) is 29.4 Å². The van der Waals surface area contributed by atoms with Crippen LogP contribution in [0.2, 0.25) is 0 Å². The first kappa shape index (κ1) is 16.7. The van der Waals surface area contributed by atoms with E-state index in [0.717, 1.165) is 36.2 Å². The van der Waals surface area contributed by atoms with E-state index < -0.39 is 11.6 Å². The molecule has 1 aromatic rings. The number of allylic oxidation sites excluding steroid dienone is 2. The Kier molecular flexibility index (Phi) is 5.50. The van der Waals surface area contributed by atoms with Crippen molar-refractivity contribution in [3.05, 3.63) is 47.5 Å². The Bertz CT molecular complexity index is 533. The van der Waals surface area contributed by atoms with Gasteiger partial charge in [0.25, 0.3) is 0 Å². The van der Waals surface area contributed by atoms with E-state index in [1.807, 2.05) is 0 Å². The minimum absolute atomic E-state index is 0.417. The molecule has 23 heavy (non-hydrogen) atoms. The fourth-order valence-electron chi connectivity index (χ4n) is 4.77. The summed E-state index contributed by atoms with van der Waals surface area (Å²) < 4.78 is 26.5. The van der Waals surface area contributed by atoms with Crippen molar-refractivity contribution in [3.63, 3.8) is 0 Å². The highest BCUT2D eigenvalue weighted by atomic mass is 19.2. The summed E-state index contributed by atoms with van der Waals surface area (Å²) >= 11 is 0. The summed E-state index contributed by atoms with van der Waals surface area (Å²) in [6, 6.07) is 4.45. The molecule has 2 heteroatoms. The molecule has 0 spiro atoms. The average molecular weight is 318 g/mol. The predicted molar refractivity (Wildman–Crippen MR) is 91.3 cm³/mol. The predicted octanol–water partition coefficient (Wildman–Crippen LogP) is 6.62. The quantitative estimate of drug-likeness (QED) is 0.549. The maximum Gasteiger partial charge on any atom is 0.159 e. The first-order valence-electron chi connectivity index (χ1n) is 9.25. The van der Waals surface area contributed by atoms with Crippen molar-refractivity contribution in [1.82, 2.24) is 0 Å².